The summed E-state index contributed by atoms with van der Waals surface area (Å²) >= 11 is 0. The van der Waals surface area contributed by atoms with Crippen molar-refractivity contribution < 1.29 is 45.5 Å². The number of para-hydroxylation sites is 1. The highest BCUT2D eigenvalue weighted by molar-refractivity contribution is 5.96. The molecule has 244 valence electrons. The van der Waals surface area contributed by atoms with E-state index in [1.165, 1.54) is 47.5 Å². The minimum absolute atomic E-state index is 0.0457. The number of allylic oxidation sites excluding steroid dienone is 1. The molecule has 3 N–H and O–H groups in total. The van der Waals surface area contributed by atoms with Crippen molar-refractivity contribution in [3.63, 3.8) is 0 Å². The predicted octanol–water partition coefficient (Wildman–Crippen LogP) is 4.14. The maximum atomic E-state index is 13.2. The highest BCUT2D eigenvalue weighted by Crippen LogP contribution is 2.41. The van der Waals surface area contributed by atoms with Gasteiger partial charge in [0.15, 0.2) is 5.92 Å². The van der Waals surface area contributed by atoms with Gasteiger partial charge in [0.2, 0.25) is 11.8 Å². The number of nitrogens with zero attached hydrogens (tertiary/aromatic N) is 3. The lowest BCUT2D eigenvalue weighted by molar-refractivity contribution is -0.283. The number of alkyl carbamates (subject to hydrolysis) is 1. The molecule has 1 unspecified atom stereocenters. The molecule has 0 aliphatic rings. The highest BCUT2D eigenvalue weighted by Gasteiger charge is 2.56. The average Bonchev–Trinajstić information content (AvgIpc) is 3.37. The SMILES string of the molecule is COC(=O)NC(CC/C=C/C(=O)N(C)C)C(=O)Nc1cccn(Cc2nc3c(CC(C(F)(F)F)C(F)(F)F)cccc3[nH]2)c1=O. The first-order valence-electron chi connectivity index (χ1n) is 13.3. The van der Waals surface area contributed by atoms with Crippen LogP contribution in [0.5, 0.6) is 0 Å². The summed E-state index contributed by atoms with van der Waals surface area (Å²) in [5, 5.41) is 4.79. The number of carbonyl (C=O) groups is 3. The van der Waals surface area contributed by atoms with Gasteiger partial charge in [-0.05, 0) is 49.1 Å². The second kappa shape index (κ2) is 14.3. The summed E-state index contributed by atoms with van der Waals surface area (Å²) in [6.07, 6.45) is -8.92. The molecule has 1 aromatic carbocycles. The van der Waals surface area contributed by atoms with E-state index in [4.69, 9.17) is 0 Å². The molecule has 17 heteroatoms. The van der Waals surface area contributed by atoms with Crippen LogP contribution in [0.2, 0.25) is 0 Å². The van der Waals surface area contributed by atoms with Gasteiger partial charge in [0.1, 0.15) is 17.6 Å². The maximum absolute atomic E-state index is 13.2. The topological polar surface area (TPSA) is 138 Å². The van der Waals surface area contributed by atoms with Crippen molar-refractivity contribution in [3.8, 4) is 0 Å². The molecule has 11 nitrogen and oxygen atoms in total. The van der Waals surface area contributed by atoms with E-state index in [1.807, 2.05) is 0 Å². The third-order valence-electron chi connectivity index (χ3n) is 6.57. The fourth-order valence-corrected chi connectivity index (χ4v) is 4.22. The predicted molar refractivity (Wildman–Crippen MR) is 150 cm³/mol. The third kappa shape index (κ3) is 9.33. The number of likely N-dealkylation sites (N-methyl/N-ethyl adjacent to an activating group) is 1. The number of nitrogens with one attached hydrogen (secondary N) is 3. The van der Waals surface area contributed by atoms with Crippen LogP contribution in [-0.2, 0) is 27.3 Å². The smallest absolute Gasteiger partial charge is 0.407 e. The number of amides is 3. The summed E-state index contributed by atoms with van der Waals surface area (Å²) in [6, 6.07) is 5.39. The molecule has 0 aliphatic heterocycles. The number of hydrogen-bond donors (Lipinski definition) is 3. The van der Waals surface area contributed by atoms with Crippen LogP contribution in [0.3, 0.4) is 0 Å². The molecule has 0 bridgehead atoms. The summed E-state index contributed by atoms with van der Waals surface area (Å²) in [5.74, 6) is -4.58. The molecule has 1 atom stereocenters. The summed E-state index contributed by atoms with van der Waals surface area (Å²) < 4.78 is 84.7. The molecule has 3 rings (SSSR count). The standard InChI is InChI=1S/C28H30F6N6O5/c1-39(2)22(41)12-5-4-9-18(37-26(44)45-3)24(42)36-19-11-7-13-40(25(19)43)15-21-35-17-10-6-8-16(23(17)38-21)14-20(27(29,30)31)28(32,33)34/h5-8,10-13,18,20H,4,9,14-15H2,1-3H3,(H,35,38)(H,36,42)(H,37,44)/b12-5+. The Bertz CT molecular complexity index is 1600. The van der Waals surface area contributed by atoms with Crippen molar-refractivity contribution >= 4 is 34.6 Å². The quantitative estimate of drug-likeness (QED) is 0.212. The Morgan fingerprint density at radius 2 is 1.78 bits per heavy atom. The number of methoxy groups -OCH3 is 1. The highest BCUT2D eigenvalue weighted by atomic mass is 19.4. The Morgan fingerprint density at radius 3 is 2.40 bits per heavy atom. The fourth-order valence-electron chi connectivity index (χ4n) is 4.22. The molecule has 0 saturated carbocycles. The van der Waals surface area contributed by atoms with E-state index in [0.717, 1.165) is 17.7 Å². The Kier molecular flexibility index (Phi) is 11.0. The first kappa shape index (κ1) is 34.7. The molecule has 0 radical (unpaired) electrons. The number of fused-ring (bicyclic) bond motifs is 1. The number of hydrogen-bond acceptors (Lipinski definition) is 6. The Hall–Kier alpha value is -4.83. The summed E-state index contributed by atoms with van der Waals surface area (Å²) in [5.41, 5.74) is -1.13. The molecule has 0 saturated heterocycles. The van der Waals surface area contributed by atoms with Crippen molar-refractivity contribution in [3.05, 3.63) is 70.4 Å². The number of aromatic nitrogens is 3. The largest absolute Gasteiger partial charge is 0.453 e. The van der Waals surface area contributed by atoms with Gasteiger partial charge >= 0.3 is 18.4 Å². The van der Waals surface area contributed by atoms with E-state index < -0.39 is 48.3 Å². The first-order chi connectivity index (χ1) is 21.0. The molecule has 0 spiro atoms. The molecule has 0 fully saturated rings. The van der Waals surface area contributed by atoms with Gasteiger partial charge in [-0.2, -0.15) is 26.3 Å². The van der Waals surface area contributed by atoms with E-state index in [2.05, 4.69) is 25.3 Å². The molecule has 3 amide bonds. The Morgan fingerprint density at radius 1 is 1.09 bits per heavy atom. The van der Waals surface area contributed by atoms with E-state index in [1.54, 1.807) is 14.1 Å². The minimum Gasteiger partial charge on any atom is -0.453 e. The van der Waals surface area contributed by atoms with E-state index >= 15 is 0 Å². The van der Waals surface area contributed by atoms with Crippen molar-refractivity contribution in [2.75, 3.05) is 26.5 Å². The van der Waals surface area contributed by atoms with Crippen LogP contribution in [0.25, 0.3) is 11.0 Å². The van der Waals surface area contributed by atoms with E-state index in [-0.39, 0.29) is 53.4 Å². The zero-order chi connectivity index (χ0) is 33.5. The van der Waals surface area contributed by atoms with Gasteiger partial charge in [-0.1, -0.05) is 18.2 Å². The van der Waals surface area contributed by atoms with Crippen molar-refractivity contribution in [1.29, 1.82) is 0 Å². The maximum Gasteiger partial charge on any atom is 0.407 e. The minimum atomic E-state index is -5.52. The number of alkyl halides is 6. The number of H-pyrrole nitrogens is 1. The number of benzene rings is 1. The second-order valence-electron chi connectivity index (χ2n) is 10.1. The first-order valence-corrected chi connectivity index (χ1v) is 13.3. The average molecular weight is 645 g/mol. The van der Waals surface area contributed by atoms with Crippen LogP contribution in [0.4, 0.5) is 36.8 Å². The number of pyridine rings is 1. The van der Waals surface area contributed by atoms with Crippen LogP contribution >= 0.6 is 0 Å². The molecular formula is C28H30F6N6O5. The van der Waals surface area contributed by atoms with Crippen LogP contribution in [-0.4, -0.2) is 76.9 Å². The van der Waals surface area contributed by atoms with Crippen molar-refractivity contribution in [1.82, 2.24) is 24.8 Å². The second-order valence-corrected chi connectivity index (χ2v) is 10.1. The molecule has 0 aliphatic carbocycles. The normalized spacial score (nSPS) is 12.8. The Labute approximate surface area is 252 Å². The van der Waals surface area contributed by atoms with Crippen LogP contribution in [0, 0.1) is 5.92 Å². The van der Waals surface area contributed by atoms with Gasteiger partial charge in [-0.25, -0.2) is 9.78 Å². The lowest BCUT2D eigenvalue weighted by Gasteiger charge is -2.23. The number of halogens is 6. The number of carbonyl (C=O) groups excluding carboxylic acids is 3. The van der Waals surface area contributed by atoms with Gasteiger partial charge < -0.3 is 29.8 Å². The van der Waals surface area contributed by atoms with Gasteiger partial charge in [-0.15, -0.1) is 0 Å². The van der Waals surface area contributed by atoms with Gasteiger partial charge in [0.05, 0.1) is 24.7 Å². The van der Waals surface area contributed by atoms with E-state index in [0.29, 0.717) is 0 Å². The summed E-state index contributed by atoms with van der Waals surface area (Å²) in [4.78, 5) is 58.0. The number of ether oxygens (including phenoxy) is 1. The zero-order valence-corrected chi connectivity index (χ0v) is 24.3. The molecule has 3 aromatic rings. The van der Waals surface area contributed by atoms with Crippen molar-refractivity contribution in [2.45, 2.75) is 44.2 Å². The van der Waals surface area contributed by atoms with Gasteiger partial charge in [0.25, 0.3) is 5.56 Å². The number of aromatic amines is 1. The van der Waals surface area contributed by atoms with Crippen LogP contribution in [0.1, 0.15) is 24.2 Å². The van der Waals surface area contributed by atoms with Crippen molar-refractivity contribution in [2.24, 2.45) is 5.92 Å². The number of rotatable bonds is 11. The van der Waals surface area contributed by atoms with Gasteiger partial charge in [0, 0.05) is 20.3 Å². The molecule has 45 heavy (non-hydrogen) atoms. The molecular weight excluding hydrogens is 614 g/mol. The third-order valence-corrected chi connectivity index (χ3v) is 6.57. The monoisotopic (exact) mass is 644 g/mol. The number of imidazole rings is 1. The summed E-state index contributed by atoms with van der Waals surface area (Å²) in [7, 11) is 4.22. The summed E-state index contributed by atoms with van der Waals surface area (Å²) in [6.45, 7) is -0.271. The Balaban J connectivity index is 1.81. The van der Waals surface area contributed by atoms with Crippen LogP contribution in [0.15, 0.2) is 53.5 Å². The zero-order valence-electron chi connectivity index (χ0n) is 24.3. The fraction of sp³-hybridized carbons (Fsp3) is 0.393. The van der Waals surface area contributed by atoms with Gasteiger partial charge in [-0.3, -0.25) is 14.4 Å². The lowest BCUT2D eigenvalue weighted by Crippen LogP contribution is -2.44. The molecule has 2 heterocycles. The molecule has 2 aromatic heterocycles. The number of anilines is 1. The van der Waals surface area contributed by atoms with Crippen LogP contribution < -0.4 is 16.2 Å². The lowest BCUT2D eigenvalue weighted by atomic mass is 9.97. The van der Waals surface area contributed by atoms with E-state index in [9.17, 15) is 45.5 Å².